The summed E-state index contributed by atoms with van der Waals surface area (Å²) in [5, 5.41) is 0. The maximum absolute atomic E-state index is 13.0. The maximum Gasteiger partial charge on any atom is 0.338 e. The summed E-state index contributed by atoms with van der Waals surface area (Å²) in [5.74, 6) is -1.10. The van der Waals surface area contributed by atoms with Crippen molar-refractivity contribution in [2.24, 2.45) is 23.7 Å². The van der Waals surface area contributed by atoms with E-state index in [1.807, 2.05) is 0 Å². The zero-order chi connectivity index (χ0) is 21.7. The van der Waals surface area contributed by atoms with Gasteiger partial charge in [-0.1, -0.05) is 36.4 Å². The van der Waals surface area contributed by atoms with Gasteiger partial charge in [-0.05, 0) is 56.2 Å². The molecule has 2 aromatic rings. The molecular formula is C25H23NO5. The molecule has 0 N–H and O–H groups in total. The molecule has 6 nitrogen and oxygen atoms in total. The van der Waals surface area contributed by atoms with Crippen LogP contribution in [0.25, 0.3) is 0 Å². The van der Waals surface area contributed by atoms with Crippen molar-refractivity contribution in [1.29, 1.82) is 0 Å². The molecule has 3 aliphatic rings. The quantitative estimate of drug-likeness (QED) is 0.421. The number of anilines is 1. The molecule has 0 aromatic heterocycles. The SMILES string of the molecule is C[C@H](OC(=O)c1cccc(N2C(=O)[C@@H]3[C@H]4CC[C@@H](C4)[C@@H]3C2=O)c1)C(=O)c1ccccc1. The standard InChI is InChI=1S/C25H23NO5/c1-14(22(27)15-6-3-2-4-7-15)31-25(30)18-8-5-9-19(13-18)26-23(28)20-16-10-11-17(12-16)21(20)24(26)29/h2-9,13-14,16-17,20-21H,10-12H2,1H3/t14-,16-,17-,20-,21+/m0/s1. The lowest BCUT2D eigenvalue weighted by atomic mass is 9.81. The fourth-order valence-corrected chi connectivity index (χ4v) is 5.55. The Morgan fingerprint density at radius 3 is 2.16 bits per heavy atom. The van der Waals surface area contributed by atoms with Crippen LogP contribution in [-0.4, -0.2) is 29.7 Å². The van der Waals surface area contributed by atoms with Crippen LogP contribution in [0.15, 0.2) is 54.6 Å². The lowest BCUT2D eigenvalue weighted by Crippen LogP contribution is -2.33. The van der Waals surface area contributed by atoms with Crippen molar-refractivity contribution in [1.82, 2.24) is 0 Å². The third-order valence-electron chi connectivity index (χ3n) is 6.98. The topological polar surface area (TPSA) is 80.8 Å². The Morgan fingerprint density at radius 1 is 0.903 bits per heavy atom. The largest absolute Gasteiger partial charge is 0.451 e. The molecule has 6 heteroatoms. The van der Waals surface area contributed by atoms with Crippen LogP contribution in [-0.2, 0) is 14.3 Å². The Morgan fingerprint density at radius 2 is 1.52 bits per heavy atom. The van der Waals surface area contributed by atoms with Crippen molar-refractivity contribution in [2.45, 2.75) is 32.3 Å². The summed E-state index contributed by atoms with van der Waals surface area (Å²) in [7, 11) is 0. The van der Waals surface area contributed by atoms with Gasteiger partial charge >= 0.3 is 5.97 Å². The molecule has 2 saturated carbocycles. The van der Waals surface area contributed by atoms with Crippen molar-refractivity contribution in [3.05, 3.63) is 65.7 Å². The lowest BCUT2D eigenvalue weighted by molar-refractivity contribution is -0.123. The minimum absolute atomic E-state index is 0.152. The van der Waals surface area contributed by atoms with Gasteiger partial charge < -0.3 is 4.74 Å². The predicted molar refractivity (Wildman–Crippen MR) is 112 cm³/mol. The van der Waals surface area contributed by atoms with Crippen LogP contribution in [0.2, 0.25) is 0 Å². The molecule has 0 radical (unpaired) electrons. The first kappa shape index (κ1) is 19.7. The Bertz CT molecular complexity index is 1050. The molecule has 158 valence electrons. The number of Topliss-reactive ketones (excluding diaryl/α,β-unsaturated/α-hetero) is 1. The lowest BCUT2D eigenvalue weighted by Gasteiger charge is -2.19. The molecule has 1 aliphatic heterocycles. The Kier molecular flexibility index (Phi) is 4.73. The normalized spacial score (nSPS) is 27.3. The van der Waals surface area contributed by atoms with Gasteiger partial charge in [-0.2, -0.15) is 0 Å². The van der Waals surface area contributed by atoms with Gasteiger partial charge in [-0.3, -0.25) is 19.3 Å². The number of ketones is 1. The van der Waals surface area contributed by atoms with Gasteiger partial charge in [0.2, 0.25) is 17.6 Å². The van der Waals surface area contributed by atoms with E-state index in [0.717, 1.165) is 19.3 Å². The second-order valence-corrected chi connectivity index (χ2v) is 8.72. The molecule has 1 saturated heterocycles. The second-order valence-electron chi connectivity index (χ2n) is 8.72. The van der Waals surface area contributed by atoms with Crippen LogP contribution in [0.1, 0.15) is 46.9 Å². The van der Waals surface area contributed by atoms with Crippen molar-refractivity contribution in [3.63, 3.8) is 0 Å². The van der Waals surface area contributed by atoms with E-state index in [2.05, 4.69) is 0 Å². The van der Waals surface area contributed by atoms with Crippen molar-refractivity contribution >= 4 is 29.3 Å². The molecule has 2 amide bonds. The minimum Gasteiger partial charge on any atom is -0.451 e. The number of nitrogens with zero attached hydrogens (tertiary/aromatic N) is 1. The predicted octanol–water partition coefficient (Wildman–Crippen LogP) is 3.65. The number of carbonyl (C=O) groups is 4. The van der Waals surface area contributed by atoms with Gasteiger partial charge in [0.25, 0.3) is 0 Å². The third-order valence-corrected chi connectivity index (χ3v) is 6.98. The third kappa shape index (κ3) is 3.17. The van der Waals surface area contributed by atoms with Gasteiger partial charge in [0.1, 0.15) is 0 Å². The summed E-state index contributed by atoms with van der Waals surface area (Å²) in [6.07, 6.45) is 2.04. The highest BCUT2D eigenvalue weighted by Gasteiger charge is 2.61. The molecule has 0 unspecified atom stereocenters. The molecule has 2 aromatic carbocycles. The Labute approximate surface area is 180 Å². The molecule has 1 heterocycles. The van der Waals surface area contributed by atoms with Gasteiger partial charge in [0, 0.05) is 5.56 Å². The van der Waals surface area contributed by atoms with Crippen molar-refractivity contribution in [3.8, 4) is 0 Å². The smallest absolute Gasteiger partial charge is 0.338 e. The second kappa shape index (κ2) is 7.45. The van der Waals surface area contributed by atoms with E-state index in [9.17, 15) is 19.2 Å². The summed E-state index contributed by atoms with van der Waals surface area (Å²) >= 11 is 0. The summed E-state index contributed by atoms with van der Waals surface area (Å²) in [4.78, 5) is 52.5. The van der Waals surface area contributed by atoms with Gasteiger partial charge in [0.15, 0.2) is 6.10 Å². The van der Waals surface area contributed by atoms with Crippen molar-refractivity contribution < 1.29 is 23.9 Å². The van der Waals surface area contributed by atoms with E-state index < -0.39 is 12.1 Å². The first-order valence-corrected chi connectivity index (χ1v) is 10.7. The monoisotopic (exact) mass is 417 g/mol. The molecule has 0 spiro atoms. The van der Waals surface area contributed by atoms with E-state index >= 15 is 0 Å². The van der Waals surface area contributed by atoms with Crippen molar-refractivity contribution in [2.75, 3.05) is 4.90 Å². The molecule has 5 atom stereocenters. The number of rotatable bonds is 5. The van der Waals surface area contributed by atoms with Crippen LogP contribution in [0.4, 0.5) is 5.69 Å². The number of amides is 2. The van der Waals surface area contributed by atoms with E-state index in [4.69, 9.17) is 4.74 Å². The average Bonchev–Trinajstić information content (AvgIpc) is 3.47. The van der Waals surface area contributed by atoms with E-state index in [-0.39, 0.29) is 35.0 Å². The number of benzene rings is 2. The number of fused-ring (bicyclic) bond motifs is 5. The molecular weight excluding hydrogens is 394 g/mol. The fraction of sp³-hybridized carbons (Fsp3) is 0.360. The summed E-state index contributed by atoms with van der Waals surface area (Å²) in [6.45, 7) is 1.53. The highest BCUT2D eigenvalue weighted by atomic mass is 16.5. The van der Waals surface area contributed by atoms with Crippen LogP contribution in [0.3, 0.4) is 0 Å². The molecule has 2 aliphatic carbocycles. The number of ether oxygens (including phenoxy) is 1. The zero-order valence-corrected chi connectivity index (χ0v) is 17.2. The molecule has 2 bridgehead atoms. The summed E-state index contributed by atoms with van der Waals surface area (Å²) in [6, 6.07) is 15.0. The zero-order valence-electron chi connectivity index (χ0n) is 17.2. The fourth-order valence-electron chi connectivity index (χ4n) is 5.55. The molecule has 31 heavy (non-hydrogen) atoms. The van der Waals surface area contributed by atoms with Crippen LogP contribution in [0, 0.1) is 23.7 Å². The Hall–Kier alpha value is -3.28. The summed E-state index contributed by atoms with van der Waals surface area (Å²) in [5.41, 5.74) is 1.05. The highest BCUT2D eigenvalue weighted by Crippen LogP contribution is 2.56. The maximum atomic E-state index is 13.0. The average molecular weight is 417 g/mol. The highest BCUT2D eigenvalue weighted by molar-refractivity contribution is 6.22. The van der Waals surface area contributed by atoms with Gasteiger partial charge in [0.05, 0.1) is 23.1 Å². The first-order chi connectivity index (χ1) is 15.0. The van der Waals surface area contributed by atoms with Crippen LogP contribution >= 0.6 is 0 Å². The number of imide groups is 1. The number of carbonyl (C=O) groups excluding carboxylic acids is 4. The van der Waals surface area contributed by atoms with Crippen LogP contribution in [0.5, 0.6) is 0 Å². The van der Waals surface area contributed by atoms with E-state index in [1.165, 1.54) is 17.9 Å². The Balaban J connectivity index is 1.34. The molecule has 3 fully saturated rings. The first-order valence-electron chi connectivity index (χ1n) is 10.7. The van der Waals surface area contributed by atoms with Gasteiger partial charge in [-0.25, -0.2) is 4.79 Å². The van der Waals surface area contributed by atoms with E-state index in [0.29, 0.717) is 23.1 Å². The summed E-state index contributed by atoms with van der Waals surface area (Å²) < 4.78 is 5.37. The minimum atomic E-state index is -0.955. The number of esters is 1. The van der Waals surface area contributed by atoms with Crippen LogP contribution < -0.4 is 4.90 Å². The number of hydrogen-bond acceptors (Lipinski definition) is 5. The molecule has 5 rings (SSSR count). The van der Waals surface area contributed by atoms with E-state index in [1.54, 1.807) is 48.5 Å². The van der Waals surface area contributed by atoms with Gasteiger partial charge in [-0.15, -0.1) is 0 Å². The number of hydrogen-bond donors (Lipinski definition) is 0.